The molecule has 0 amide bonds. The standard InChI is InChI=1S/C37H41NO6/c1-42-37(41)31(25-30-19-11-12-21-34(30)43-24-14-22-36(39)40)20-6-2-3-13-23-44-35-27-32(28-15-7-4-8-16-28)26-33(38-35)29-17-9-5-10-18-29/h4-5,7-12,15-19,21,26-27,31H,2-3,6,13-14,20,22-25H2,1H3,(H,39,40). The number of rotatable bonds is 18. The van der Waals surface area contributed by atoms with Crippen LogP contribution in [0.5, 0.6) is 11.6 Å². The Labute approximate surface area is 259 Å². The van der Waals surface area contributed by atoms with Crippen molar-refractivity contribution >= 4 is 11.9 Å². The van der Waals surface area contributed by atoms with E-state index in [4.69, 9.17) is 24.3 Å². The lowest BCUT2D eigenvalue weighted by molar-refractivity contribution is -0.145. The van der Waals surface area contributed by atoms with E-state index in [1.54, 1.807) is 0 Å². The predicted octanol–water partition coefficient (Wildman–Crippen LogP) is 8.02. The van der Waals surface area contributed by atoms with Crippen molar-refractivity contribution in [3.63, 3.8) is 0 Å². The van der Waals surface area contributed by atoms with Gasteiger partial charge in [-0.3, -0.25) is 9.59 Å². The molecule has 1 heterocycles. The number of benzene rings is 3. The number of hydrogen-bond donors (Lipinski definition) is 1. The maximum absolute atomic E-state index is 12.6. The molecule has 44 heavy (non-hydrogen) atoms. The highest BCUT2D eigenvalue weighted by atomic mass is 16.5. The third kappa shape index (κ3) is 10.3. The molecule has 0 aliphatic rings. The van der Waals surface area contributed by atoms with Crippen molar-refractivity contribution in [1.82, 2.24) is 4.98 Å². The number of methoxy groups -OCH3 is 1. The predicted molar refractivity (Wildman–Crippen MR) is 172 cm³/mol. The van der Waals surface area contributed by atoms with Crippen molar-refractivity contribution in [1.29, 1.82) is 0 Å². The second-order valence-corrected chi connectivity index (χ2v) is 10.7. The Morgan fingerprint density at radius 3 is 2.11 bits per heavy atom. The SMILES string of the molecule is COC(=O)C(CCCCCCOc1cc(-c2ccccc2)cc(-c2ccccc2)n1)Cc1ccccc1OCCCC(=O)O. The number of carbonyl (C=O) groups is 2. The van der Waals surface area contributed by atoms with Crippen molar-refractivity contribution in [2.24, 2.45) is 5.92 Å². The van der Waals surface area contributed by atoms with E-state index >= 15 is 0 Å². The molecule has 230 valence electrons. The van der Waals surface area contributed by atoms with Gasteiger partial charge in [0, 0.05) is 18.1 Å². The van der Waals surface area contributed by atoms with E-state index in [-0.39, 0.29) is 18.3 Å². The molecule has 0 spiro atoms. The summed E-state index contributed by atoms with van der Waals surface area (Å²) < 4.78 is 17.1. The zero-order valence-corrected chi connectivity index (χ0v) is 25.3. The molecule has 0 aliphatic heterocycles. The van der Waals surface area contributed by atoms with Crippen molar-refractivity contribution < 1.29 is 28.9 Å². The van der Waals surface area contributed by atoms with Crippen LogP contribution >= 0.6 is 0 Å². The van der Waals surface area contributed by atoms with Gasteiger partial charge in [0.2, 0.25) is 5.88 Å². The fourth-order valence-electron chi connectivity index (χ4n) is 5.11. The first-order valence-electron chi connectivity index (χ1n) is 15.3. The summed E-state index contributed by atoms with van der Waals surface area (Å²) >= 11 is 0. The highest BCUT2D eigenvalue weighted by Crippen LogP contribution is 2.29. The summed E-state index contributed by atoms with van der Waals surface area (Å²) in [4.78, 5) is 28.2. The number of para-hydroxylation sites is 1. The molecule has 1 unspecified atom stereocenters. The summed E-state index contributed by atoms with van der Waals surface area (Å²) in [6.07, 6.45) is 5.42. The van der Waals surface area contributed by atoms with Gasteiger partial charge in [0.05, 0.1) is 31.9 Å². The van der Waals surface area contributed by atoms with E-state index in [0.29, 0.717) is 44.1 Å². The Hall–Kier alpha value is -4.65. The molecular weight excluding hydrogens is 554 g/mol. The number of carbonyl (C=O) groups excluding carboxylic acids is 1. The smallest absolute Gasteiger partial charge is 0.308 e. The zero-order valence-electron chi connectivity index (χ0n) is 25.3. The van der Waals surface area contributed by atoms with Crippen molar-refractivity contribution in [3.05, 3.63) is 103 Å². The number of pyridine rings is 1. The topological polar surface area (TPSA) is 95.0 Å². The van der Waals surface area contributed by atoms with E-state index in [2.05, 4.69) is 30.3 Å². The summed E-state index contributed by atoms with van der Waals surface area (Å²) in [7, 11) is 1.42. The van der Waals surface area contributed by atoms with Crippen LogP contribution < -0.4 is 9.47 Å². The summed E-state index contributed by atoms with van der Waals surface area (Å²) in [5, 5.41) is 8.86. The van der Waals surface area contributed by atoms with Crippen molar-refractivity contribution in [3.8, 4) is 34.0 Å². The maximum Gasteiger partial charge on any atom is 0.308 e. The first-order chi connectivity index (χ1) is 21.5. The van der Waals surface area contributed by atoms with Crippen LogP contribution in [0.1, 0.15) is 50.5 Å². The molecule has 4 aromatic rings. The van der Waals surface area contributed by atoms with Gasteiger partial charge in [0.15, 0.2) is 0 Å². The number of ether oxygens (including phenoxy) is 3. The number of carboxylic acid groups (broad SMARTS) is 1. The van der Waals surface area contributed by atoms with Gasteiger partial charge in [-0.2, -0.15) is 0 Å². The quantitative estimate of drug-likeness (QED) is 0.0919. The van der Waals surface area contributed by atoms with E-state index in [9.17, 15) is 9.59 Å². The average Bonchev–Trinajstić information content (AvgIpc) is 3.06. The molecule has 3 aromatic carbocycles. The number of unbranched alkanes of at least 4 members (excludes halogenated alkanes) is 3. The lowest BCUT2D eigenvalue weighted by atomic mass is 9.93. The molecular formula is C37H41NO6. The molecule has 0 bridgehead atoms. The Kier molecular flexibility index (Phi) is 12.8. The number of aromatic nitrogens is 1. The molecule has 4 rings (SSSR count). The highest BCUT2D eigenvalue weighted by molar-refractivity contribution is 5.73. The minimum absolute atomic E-state index is 0.0588. The van der Waals surface area contributed by atoms with Gasteiger partial charge >= 0.3 is 11.9 Å². The number of nitrogens with zero attached hydrogens (tertiary/aromatic N) is 1. The number of esters is 1. The lowest BCUT2D eigenvalue weighted by Crippen LogP contribution is -2.19. The summed E-state index contributed by atoms with van der Waals surface area (Å²) in [5.41, 5.74) is 5.03. The van der Waals surface area contributed by atoms with Crippen LogP contribution in [-0.2, 0) is 20.7 Å². The minimum atomic E-state index is -0.842. The highest BCUT2D eigenvalue weighted by Gasteiger charge is 2.21. The fourth-order valence-corrected chi connectivity index (χ4v) is 5.11. The second kappa shape index (κ2) is 17.5. The summed E-state index contributed by atoms with van der Waals surface area (Å²) in [6, 6.07) is 32.1. The third-order valence-electron chi connectivity index (χ3n) is 7.44. The van der Waals surface area contributed by atoms with Gasteiger partial charge in [-0.05, 0) is 54.5 Å². The molecule has 1 atom stereocenters. The van der Waals surface area contributed by atoms with Gasteiger partial charge in [-0.1, -0.05) is 98.1 Å². The van der Waals surface area contributed by atoms with E-state index in [0.717, 1.165) is 53.6 Å². The van der Waals surface area contributed by atoms with E-state index in [1.807, 2.05) is 66.7 Å². The normalized spacial score (nSPS) is 11.5. The minimum Gasteiger partial charge on any atom is -0.493 e. The van der Waals surface area contributed by atoms with Crippen LogP contribution in [-0.4, -0.2) is 42.4 Å². The summed E-state index contributed by atoms with van der Waals surface area (Å²) in [5.74, 6) is -0.0524. The molecule has 0 saturated carbocycles. The Morgan fingerprint density at radius 2 is 1.39 bits per heavy atom. The number of hydrogen-bond acceptors (Lipinski definition) is 6. The third-order valence-corrected chi connectivity index (χ3v) is 7.44. The average molecular weight is 596 g/mol. The van der Waals surface area contributed by atoms with Crippen LogP contribution in [0, 0.1) is 5.92 Å². The molecule has 7 nitrogen and oxygen atoms in total. The van der Waals surface area contributed by atoms with Gasteiger partial charge in [-0.15, -0.1) is 0 Å². The Balaban J connectivity index is 1.26. The fraction of sp³-hybridized carbons (Fsp3) is 0.324. The zero-order chi connectivity index (χ0) is 31.0. The van der Waals surface area contributed by atoms with E-state index < -0.39 is 5.97 Å². The first-order valence-corrected chi connectivity index (χ1v) is 15.3. The van der Waals surface area contributed by atoms with Crippen LogP contribution in [0.2, 0.25) is 0 Å². The number of aliphatic carboxylic acids is 1. The van der Waals surface area contributed by atoms with Gasteiger partial charge in [0.25, 0.3) is 0 Å². The Morgan fingerprint density at radius 1 is 0.727 bits per heavy atom. The number of carboxylic acids is 1. The monoisotopic (exact) mass is 595 g/mol. The largest absolute Gasteiger partial charge is 0.493 e. The van der Waals surface area contributed by atoms with Gasteiger partial charge < -0.3 is 19.3 Å². The van der Waals surface area contributed by atoms with Crippen LogP contribution in [0.3, 0.4) is 0 Å². The molecule has 0 saturated heterocycles. The molecule has 0 fully saturated rings. The van der Waals surface area contributed by atoms with E-state index in [1.165, 1.54) is 7.11 Å². The van der Waals surface area contributed by atoms with Gasteiger partial charge in [0.1, 0.15) is 5.75 Å². The van der Waals surface area contributed by atoms with Crippen LogP contribution in [0.15, 0.2) is 97.1 Å². The molecule has 0 aliphatic carbocycles. The lowest BCUT2D eigenvalue weighted by Gasteiger charge is -2.17. The summed E-state index contributed by atoms with van der Waals surface area (Å²) in [6.45, 7) is 0.875. The molecule has 1 aromatic heterocycles. The van der Waals surface area contributed by atoms with Crippen molar-refractivity contribution in [2.45, 2.75) is 51.4 Å². The second-order valence-electron chi connectivity index (χ2n) is 10.7. The molecule has 7 heteroatoms. The molecule has 1 N–H and O–H groups in total. The maximum atomic E-state index is 12.6. The first kappa shape index (κ1) is 32.3. The molecule has 0 radical (unpaired) electrons. The Bertz CT molecular complexity index is 1400. The van der Waals surface area contributed by atoms with Crippen LogP contribution in [0.4, 0.5) is 0 Å². The van der Waals surface area contributed by atoms with Crippen LogP contribution in [0.25, 0.3) is 22.4 Å². The van der Waals surface area contributed by atoms with Gasteiger partial charge in [-0.25, -0.2) is 4.98 Å². The van der Waals surface area contributed by atoms with Crippen molar-refractivity contribution in [2.75, 3.05) is 20.3 Å².